The van der Waals surface area contributed by atoms with Crippen LogP contribution in [0.2, 0.25) is 0 Å². The van der Waals surface area contributed by atoms with Crippen LogP contribution in [-0.4, -0.2) is 73.5 Å². The molecule has 0 aromatic heterocycles. The molecule has 45 heavy (non-hydrogen) atoms. The largest absolute Gasteiger partial charge is 0.497 e. The molecular formula is C37H54O8. The number of methoxy groups -OCH3 is 2. The molecule has 2 N–H and O–H groups in total. The van der Waals surface area contributed by atoms with E-state index in [1.807, 2.05) is 55.5 Å². The molecule has 9 atom stereocenters. The maximum absolute atomic E-state index is 11.6. The second-order valence-electron chi connectivity index (χ2n) is 13.4. The molecule has 2 aliphatic heterocycles. The van der Waals surface area contributed by atoms with Crippen molar-refractivity contribution in [3.63, 3.8) is 0 Å². The van der Waals surface area contributed by atoms with Crippen molar-refractivity contribution in [2.75, 3.05) is 20.8 Å². The van der Waals surface area contributed by atoms with Gasteiger partial charge in [0.25, 0.3) is 0 Å². The van der Waals surface area contributed by atoms with Crippen LogP contribution in [0.25, 0.3) is 0 Å². The van der Waals surface area contributed by atoms with Gasteiger partial charge in [0.1, 0.15) is 11.9 Å². The van der Waals surface area contributed by atoms with Gasteiger partial charge in [-0.05, 0) is 42.0 Å². The molecule has 8 heteroatoms. The van der Waals surface area contributed by atoms with Crippen molar-refractivity contribution in [1.82, 2.24) is 0 Å². The van der Waals surface area contributed by atoms with Crippen LogP contribution in [0.4, 0.5) is 0 Å². The van der Waals surface area contributed by atoms with Gasteiger partial charge in [0, 0.05) is 37.9 Å². The molecule has 2 fully saturated rings. The molecule has 0 unspecified atom stereocenters. The summed E-state index contributed by atoms with van der Waals surface area (Å²) in [5, 5.41) is 21.4. The molecule has 0 aliphatic carbocycles. The Balaban J connectivity index is 1.49. The molecular weight excluding hydrogens is 572 g/mol. The Kier molecular flexibility index (Phi) is 12.6. The Morgan fingerprint density at radius 1 is 1.02 bits per heavy atom. The zero-order valence-electron chi connectivity index (χ0n) is 27.9. The van der Waals surface area contributed by atoms with Crippen molar-refractivity contribution < 1.29 is 38.6 Å². The van der Waals surface area contributed by atoms with Crippen molar-refractivity contribution in [3.8, 4) is 5.75 Å². The topological polar surface area (TPSA) is 95.8 Å². The second-order valence-corrected chi connectivity index (χ2v) is 13.4. The molecule has 2 saturated heterocycles. The van der Waals surface area contributed by atoms with Gasteiger partial charge in [-0.2, -0.15) is 0 Å². The maximum Gasteiger partial charge on any atom is 0.197 e. The highest BCUT2D eigenvalue weighted by Crippen LogP contribution is 2.46. The molecule has 8 nitrogen and oxygen atoms in total. The van der Waals surface area contributed by atoms with E-state index in [0.29, 0.717) is 38.9 Å². The van der Waals surface area contributed by atoms with E-state index in [4.69, 9.17) is 28.4 Å². The number of benzene rings is 2. The second kappa shape index (κ2) is 16.0. The van der Waals surface area contributed by atoms with E-state index in [-0.39, 0.29) is 49.0 Å². The first-order valence-corrected chi connectivity index (χ1v) is 16.3. The fourth-order valence-electron chi connectivity index (χ4n) is 6.86. The third-order valence-electron chi connectivity index (χ3n) is 9.90. The van der Waals surface area contributed by atoms with Gasteiger partial charge in [-0.1, -0.05) is 76.2 Å². The molecule has 0 spiro atoms. The highest BCUT2D eigenvalue weighted by atomic mass is 16.7. The van der Waals surface area contributed by atoms with E-state index in [1.165, 1.54) is 0 Å². The molecule has 0 saturated carbocycles. The van der Waals surface area contributed by atoms with Crippen molar-refractivity contribution in [2.24, 2.45) is 17.3 Å². The first-order chi connectivity index (χ1) is 21.6. The van der Waals surface area contributed by atoms with E-state index >= 15 is 0 Å². The number of ether oxygens (including phenoxy) is 6. The zero-order valence-corrected chi connectivity index (χ0v) is 27.9. The Labute approximate surface area is 269 Å². The van der Waals surface area contributed by atoms with E-state index in [2.05, 4.69) is 39.5 Å². The average Bonchev–Trinajstić information content (AvgIpc) is 3.05. The SMILES string of the molecule is C=C[C@@H](OCc1ccc(OC)cc1)C(C)(C)[C@H]1C[C@@H](C)[C@H](O)[C@](C[C@@H]2C[C@H](OCc3ccccc3)[C@@H](C)[C@H](CCO)O2)(OC)O1. The van der Waals surface area contributed by atoms with Crippen molar-refractivity contribution in [2.45, 2.75) is 109 Å². The summed E-state index contributed by atoms with van der Waals surface area (Å²) in [6.07, 6.45) is 1.86. The summed E-state index contributed by atoms with van der Waals surface area (Å²) in [7, 11) is 3.24. The zero-order chi connectivity index (χ0) is 32.6. The van der Waals surface area contributed by atoms with E-state index in [9.17, 15) is 10.2 Å². The average molecular weight is 627 g/mol. The number of hydrogen-bond donors (Lipinski definition) is 2. The first-order valence-electron chi connectivity index (χ1n) is 16.3. The Morgan fingerprint density at radius 2 is 1.71 bits per heavy atom. The lowest BCUT2D eigenvalue weighted by atomic mass is 9.73. The third kappa shape index (κ3) is 8.55. The normalized spacial score (nSPS) is 31.3. The van der Waals surface area contributed by atoms with Crippen molar-refractivity contribution in [1.29, 1.82) is 0 Å². The van der Waals surface area contributed by atoms with E-state index in [0.717, 1.165) is 16.9 Å². The molecule has 4 rings (SSSR count). The summed E-state index contributed by atoms with van der Waals surface area (Å²) < 4.78 is 37.7. The monoisotopic (exact) mass is 626 g/mol. The summed E-state index contributed by atoms with van der Waals surface area (Å²) in [4.78, 5) is 0. The van der Waals surface area contributed by atoms with Gasteiger partial charge in [-0.25, -0.2) is 0 Å². The maximum atomic E-state index is 11.6. The van der Waals surface area contributed by atoms with Gasteiger partial charge in [0.2, 0.25) is 0 Å². The van der Waals surface area contributed by atoms with Gasteiger partial charge in [-0.15, -0.1) is 6.58 Å². The number of aliphatic hydroxyl groups is 2. The molecule has 2 aliphatic rings. The number of hydrogen-bond acceptors (Lipinski definition) is 8. The van der Waals surface area contributed by atoms with Crippen molar-refractivity contribution >= 4 is 0 Å². The summed E-state index contributed by atoms with van der Waals surface area (Å²) in [5.41, 5.74) is 1.65. The van der Waals surface area contributed by atoms with Crippen LogP contribution >= 0.6 is 0 Å². The van der Waals surface area contributed by atoms with Crippen LogP contribution in [0.15, 0.2) is 67.3 Å². The highest BCUT2D eigenvalue weighted by Gasteiger charge is 2.55. The van der Waals surface area contributed by atoms with E-state index < -0.39 is 17.3 Å². The van der Waals surface area contributed by atoms with Crippen molar-refractivity contribution in [3.05, 3.63) is 78.4 Å². The van der Waals surface area contributed by atoms with Crippen LogP contribution in [-0.2, 0) is 36.9 Å². The molecule has 2 aromatic rings. The first kappa shape index (κ1) is 35.6. The quantitative estimate of drug-likeness (QED) is 0.230. The van der Waals surface area contributed by atoms with Gasteiger partial charge in [0.15, 0.2) is 5.79 Å². The number of aliphatic hydroxyl groups excluding tert-OH is 2. The van der Waals surface area contributed by atoms with Crippen LogP contribution in [0.5, 0.6) is 5.75 Å². The summed E-state index contributed by atoms with van der Waals surface area (Å²) in [6.45, 7) is 13.4. The van der Waals surface area contributed by atoms with Gasteiger partial charge < -0.3 is 38.6 Å². The molecule has 0 bridgehead atoms. The lowest BCUT2D eigenvalue weighted by Crippen LogP contribution is -2.62. The summed E-state index contributed by atoms with van der Waals surface area (Å²) >= 11 is 0. The molecule has 0 radical (unpaired) electrons. The Morgan fingerprint density at radius 3 is 2.33 bits per heavy atom. The highest BCUT2D eigenvalue weighted by molar-refractivity contribution is 5.26. The number of rotatable bonds is 15. The minimum Gasteiger partial charge on any atom is -0.497 e. The lowest BCUT2D eigenvalue weighted by Gasteiger charge is -2.53. The predicted octanol–water partition coefficient (Wildman–Crippen LogP) is 6.07. The lowest BCUT2D eigenvalue weighted by molar-refractivity contribution is -0.353. The third-order valence-corrected chi connectivity index (χ3v) is 9.90. The van der Waals surface area contributed by atoms with Crippen LogP contribution < -0.4 is 4.74 Å². The summed E-state index contributed by atoms with van der Waals surface area (Å²) in [6, 6.07) is 17.9. The van der Waals surface area contributed by atoms with Crippen LogP contribution in [0, 0.1) is 17.3 Å². The van der Waals surface area contributed by atoms with Gasteiger partial charge in [-0.3, -0.25) is 0 Å². The molecule has 2 heterocycles. The van der Waals surface area contributed by atoms with Crippen LogP contribution in [0.3, 0.4) is 0 Å². The van der Waals surface area contributed by atoms with Crippen LogP contribution in [0.1, 0.15) is 64.5 Å². The van der Waals surface area contributed by atoms with E-state index in [1.54, 1.807) is 14.2 Å². The molecule has 2 aromatic carbocycles. The Hall–Kier alpha value is -2.30. The van der Waals surface area contributed by atoms with Gasteiger partial charge in [0.05, 0.1) is 50.8 Å². The standard InChI is InChI=1S/C37H54O8/c1-8-33(43-24-28-14-16-29(40-6)17-15-28)36(4,5)34-20-25(2)35(39)37(41-7,45-34)22-30-21-32(26(3)31(44-30)18-19-38)42-23-27-12-10-9-11-13-27/h8-17,25-26,30-35,38-39H,1,18-24H2,2-7H3/t25-,26+,30+,31+,32+,33-,34-,35+,37-/m1/s1. The minimum atomic E-state index is -1.29. The fourth-order valence-corrected chi connectivity index (χ4v) is 6.86. The Bertz CT molecular complexity index is 1170. The molecule has 0 amide bonds. The smallest absolute Gasteiger partial charge is 0.197 e. The predicted molar refractivity (Wildman–Crippen MR) is 174 cm³/mol. The minimum absolute atomic E-state index is 0.0223. The summed E-state index contributed by atoms with van der Waals surface area (Å²) in [5.74, 6) is -0.502. The fraction of sp³-hybridized carbons (Fsp3) is 0.622. The van der Waals surface area contributed by atoms with Gasteiger partial charge >= 0.3 is 0 Å². The molecule has 250 valence electrons.